The molecular formula is C25H21N5O6. The first-order chi connectivity index (χ1) is 17.2. The molecule has 0 radical (unpaired) electrons. The molecule has 11 nitrogen and oxygen atoms in total. The summed E-state index contributed by atoms with van der Waals surface area (Å²) in [7, 11) is 0. The first kappa shape index (κ1) is 24.2. The molecule has 1 N–H and O–H groups in total. The fourth-order valence-electron chi connectivity index (χ4n) is 3.96. The van der Waals surface area contributed by atoms with E-state index in [0.717, 1.165) is 11.0 Å². The number of hydrogen-bond donors (Lipinski definition) is 1. The van der Waals surface area contributed by atoms with Gasteiger partial charge in [0.1, 0.15) is 6.04 Å². The van der Waals surface area contributed by atoms with Crippen LogP contribution >= 0.6 is 0 Å². The van der Waals surface area contributed by atoms with Gasteiger partial charge in [-0.15, -0.1) is 0 Å². The quantitative estimate of drug-likeness (QED) is 0.307. The molecule has 0 saturated carbocycles. The molecule has 1 atom stereocenters. The van der Waals surface area contributed by atoms with Gasteiger partial charge in [0.15, 0.2) is 0 Å². The van der Waals surface area contributed by atoms with Crippen molar-refractivity contribution in [3.05, 3.63) is 94.3 Å². The summed E-state index contributed by atoms with van der Waals surface area (Å²) in [6.07, 6.45) is 2.84. The van der Waals surface area contributed by atoms with Crippen molar-refractivity contribution in [2.75, 3.05) is 10.2 Å². The summed E-state index contributed by atoms with van der Waals surface area (Å²) >= 11 is 0. The van der Waals surface area contributed by atoms with Gasteiger partial charge in [-0.05, 0) is 42.0 Å². The molecule has 182 valence electrons. The number of carbonyl (C=O) groups excluding carboxylic acids is 4. The number of carbonyl (C=O) groups is 4. The molecule has 2 heterocycles. The molecule has 1 aliphatic heterocycles. The number of pyridine rings is 1. The van der Waals surface area contributed by atoms with E-state index in [2.05, 4.69) is 10.3 Å². The Bertz CT molecular complexity index is 1340. The number of hydrogen-bond acceptors (Lipinski definition) is 7. The highest BCUT2D eigenvalue weighted by molar-refractivity contribution is 6.23. The average molecular weight is 487 g/mol. The van der Waals surface area contributed by atoms with Gasteiger partial charge in [-0.25, -0.2) is 4.90 Å². The van der Waals surface area contributed by atoms with E-state index < -0.39 is 28.7 Å². The smallest absolute Gasteiger partial charge is 0.270 e. The van der Waals surface area contributed by atoms with Crippen LogP contribution in [-0.2, 0) is 20.9 Å². The van der Waals surface area contributed by atoms with Crippen LogP contribution < -0.4 is 10.2 Å². The van der Waals surface area contributed by atoms with E-state index in [4.69, 9.17) is 0 Å². The number of amides is 4. The van der Waals surface area contributed by atoms with Crippen molar-refractivity contribution in [3.8, 4) is 0 Å². The predicted octanol–water partition coefficient (Wildman–Crippen LogP) is 2.92. The lowest BCUT2D eigenvalue weighted by atomic mass is 10.1. The minimum Gasteiger partial charge on any atom is -0.326 e. The van der Waals surface area contributed by atoms with Crippen LogP contribution in [0, 0.1) is 10.1 Å². The van der Waals surface area contributed by atoms with Crippen LogP contribution in [0.4, 0.5) is 17.1 Å². The van der Waals surface area contributed by atoms with Crippen LogP contribution in [0.15, 0.2) is 73.1 Å². The van der Waals surface area contributed by atoms with Gasteiger partial charge >= 0.3 is 0 Å². The third-order valence-electron chi connectivity index (χ3n) is 5.59. The van der Waals surface area contributed by atoms with E-state index in [1.54, 1.807) is 30.5 Å². The number of rotatable bonds is 7. The van der Waals surface area contributed by atoms with Gasteiger partial charge in [-0.3, -0.25) is 34.3 Å². The van der Waals surface area contributed by atoms with Crippen LogP contribution in [0.1, 0.15) is 29.3 Å². The highest BCUT2D eigenvalue weighted by atomic mass is 16.6. The van der Waals surface area contributed by atoms with Gasteiger partial charge < -0.3 is 10.2 Å². The molecule has 0 spiro atoms. The summed E-state index contributed by atoms with van der Waals surface area (Å²) in [6.45, 7) is 1.33. The molecule has 0 aliphatic carbocycles. The lowest BCUT2D eigenvalue weighted by Crippen LogP contribution is -2.45. The molecular weight excluding hydrogens is 466 g/mol. The molecule has 2 aromatic carbocycles. The summed E-state index contributed by atoms with van der Waals surface area (Å²) in [4.78, 5) is 68.0. The zero-order valence-electron chi connectivity index (χ0n) is 19.2. The standard InChI is InChI=1S/C25H21N5O6/c1-16(31)27-19-7-9-20(10-8-19)29-23(32)13-22(25(29)34)28(15-17-4-3-11-26-14-17)24(33)18-5-2-6-21(12-18)30(35)36/h2-12,14,22H,13,15H2,1H3,(H,27,31). The van der Waals surface area contributed by atoms with E-state index in [-0.39, 0.29) is 30.1 Å². The summed E-state index contributed by atoms with van der Waals surface area (Å²) in [6, 6.07) is 13.7. The number of benzene rings is 2. The van der Waals surface area contributed by atoms with Crippen molar-refractivity contribution in [2.24, 2.45) is 0 Å². The van der Waals surface area contributed by atoms with Crippen LogP contribution in [0.5, 0.6) is 0 Å². The Labute approximate surface area is 205 Å². The van der Waals surface area contributed by atoms with Gasteiger partial charge in [-0.1, -0.05) is 12.1 Å². The molecule has 0 bridgehead atoms. The van der Waals surface area contributed by atoms with Crippen molar-refractivity contribution in [3.63, 3.8) is 0 Å². The molecule has 1 aromatic heterocycles. The lowest BCUT2D eigenvalue weighted by molar-refractivity contribution is -0.384. The van der Waals surface area contributed by atoms with Crippen LogP contribution in [0.25, 0.3) is 0 Å². The number of nitro groups is 1. The fourth-order valence-corrected chi connectivity index (χ4v) is 3.96. The Kier molecular flexibility index (Phi) is 6.81. The maximum absolute atomic E-state index is 13.5. The first-order valence-corrected chi connectivity index (χ1v) is 10.9. The lowest BCUT2D eigenvalue weighted by Gasteiger charge is -2.28. The van der Waals surface area contributed by atoms with E-state index in [1.165, 1.54) is 48.4 Å². The van der Waals surface area contributed by atoms with Gasteiger partial charge in [0.2, 0.25) is 11.8 Å². The van der Waals surface area contributed by atoms with Crippen molar-refractivity contribution >= 4 is 40.7 Å². The Balaban J connectivity index is 1.66. The van der Waals surface area contributed by atoms with E-state index >= 15 is 0 Å². The first-order valence-electron chi connectivity index (χ1n) is 10.9. The number of non-ortho nitro benzene ring substituents is 1. The highest BCUT2D eigenvalue weighted by Crippen LogP contribution is 2.29. The van der Waals surface area contributed by atoms with Gasteiger partial charge in [0.25, 0.3) is 17.5 Å². The van der Waals surface area contributed by atoms with Gasteiger partial charge in [0.05, 0.1) is 17.0 Å². The van der Waals surface area contributed by atoms with Crippen molar-refractivity contribution in [1.29, 1.82) is 0 Å². The third kappa shape index (κ3) is 5.09. The monoisotopic (exact) mass is 487 g/mol. The number of imide groups is 1. The number of anilines is 2. The third-order valence-corrected chi connectivity index (χ3v) is 5.59. The second-order valence-electron chi connectivity index (χ2n) is 8.12. The predicted molar refractivity (Wildman–Crippen MR) is 129 cm³/mol. The number of aromatic nitrogens is 1. The maximum atomic E-state index is 13.5. The highest BCUT2D eigenvalue weighted by Gasteiger charge is 2.44. The zero-order valence-corrected chi connectivity index (χ0v) is 19.2. The molecule has 1 unspecified atom stereocenters. The Morgan fingerprint density at radius 2 is 1.89 bits per heavy atom. The van der Waals surface area contributed by atoms with Crippen LogP contribution in [0.2, 0.25) is 0 Å². The average Bonchev–Trinajstić information content (AvgIpc) is 3.16. The summed E-state index contributed by atoms with van der Waals surface area (Å²) in [5, 5.41) is 13.8. The largest absolute Gasteiger partial charge is 0.326 e. The van der Waals surface area contributed by atoms with Crippen LogP contribution in [-0.4, -0.2) is 44.5 Å². The second kappa shape index (κ2) is 10.1. The molecule has 4 amide bonds. The summed E-state index contributed by atoms with van der Waals surface area (Å²) < 4.78 is 0. The molecule has 36 heavy (non-hydrogen) atoms. The molecule has 4 rings (SSSR count). The molecule has 1 saturated heterocycles. The van der Waals surface area contributed by atoms with Crippen molar-refractivity contribution in [1.82, 2.24) is 9.88 Å². The number of nitro benzene ring substituents is 1. The van der Waals surface area contributed by atoms with Crippen molar-refractivity contribution < 1.29 is 24.1 Å². The number of nitrogens with one attached hydrogen (secondary N) is 1. The van der Waals surface area contributed by atoms with Crippen molar-refractivity contribution in [2.45, 2.75) is 25.9 Å². The zero-order chi connectivity index (χ0) is 25.8. The maximum Gasteiger partial charge on any atom is 0.270 e. The molecule has 1 aliphatic rings. The topological polar surface area (TPSA) is 143 Å². The van der Waals surface area contributed by atoms with Gasteiger partial charge in [-0.2, -0.15) is 0 Å². The Hall–Kier alpha value is -4.93. The molecule has 11 heteroatoms. The molecule has 3 aromatic rings. The minimum atomic E-state index is -1.13. The van der Waals surface area contributed by atoms with Crippen LogP contribution in [0.3, 0.4) is 0 Å². The minimum absolute atomic E-state index is 0.0199. The van der Waals surface area contributed by atoms with Gasteiger partial charge in [0, 0.05) is 49.2 Å². The summed E-state index contributed by atoms with van der Waals surface area (Å²) in [5.41, 5.74) is 1.17. The van der Waals surface area contributed by atoms with E-state index in [9.17, 15) is 29.3 Å². The summed E-state index contributed by atoms with van der Waals surface area (Å²) in [5.74, 6) is -1.99. The number of nitrogens with zero attached hydrogens (tertiary/aromatic N) is 4. The Morgan fingerprint density at radius 1 is 1.14 bits per heavy atom. The SMILES string of the molecule is CC(=O)Nc1ccc(N2C(=O)CC(N(Cc3cccnc3)C(=O)c3cccc([N+](=O)[O-])c3)C2=O)cc1. The Morgan fingerprint density at radius 3 is 2.53 bits per heavy atom. The van der Waals surface area contributed by atoms with E-state index in [0.29, 0.717) is 16.9 Å². The normalized spacial score (nSPS) is 15.0. The molecule has 1 fully saturated rings. The fraction of sp³-hybridized carbons (Fsp3) is 0.160. The van der Waals surface area contributed by atoms with E-state index in [1.807, 2.05) is 0 Å². The second-order valence-corrected chi connectivity index (χ2v) is 8.12.